The normalized spacial score (nSPS) is 18.4. The monoisotopic (exact) mass is 664 g/mol. The highest BCUT2D eigenvalue weighted by Crippen LogP contribution is 2.42. The van der Waals surface area contributed by atoms with Gasteiger partial charge in [0.1, 0.15) is 5.60 Å². The molecule has 9 nitrogen and oxygen atoms in total. The number of aromatic amines is 1. The van der Waals surface area contributed by atoms with Gasteiger partial charge < -0.3 is 14.8 Å². The number of thioether (sulfide) groups is 1. The van der Waals surface area contributed by atoms with E-state index >= 15 is 0 Å². The topological polar surface area (TPSA) is 114 Å². The van der Waals surface area contributed by atoms with Crippen molar-refractivity contribution in [3.05, 3.63) is 69.2 Å². The highest BCUT2D eigenvalue weighted by molar-refractivity contribution is 8.18. The molecule has 2 fully saturated rings. The van der Waals surface area contributed by atoms with E-state index in [1.54, 1.807) is 45.2 Å². The number of nitrogens with one attached hydrogen (secondary N) is 2. The molecule has 0 aliphatic carbocycles. The number of rotatable bonds is 7. The van der Waals surface area contributed by atoms with Gasteiger partial charge in [-0.15, -0.1) is 0 Å². The number of benzene rings is 2. The van der Waals surface area contributed by atoms with E-state index in [1.807, 2.05) is 0 Å². The summed E-state index contributed by atoms with van der Waals surface area (Å²) in [6, 6.07) is 8.60. The summed E-state index contributed by atoms with van der Waals surface area (Å²) in [5.41, 5.74) is -1.07. The van der Waals surface area contributed by atoms with Crippen LogP contribution in [-0.2, 0) is 26.9 Å². The molecular formula is C31H32ClF3N4O5S. The highest BCUT2D eigenvalue weighted by atomic mass is 35.5. The largest absolute Gasteiger partial charge is 0.444 e. The van der Waals surface area contributed by atoms with Gasteiger partial charge in [-0.05, 0) is 99.2 Å². The highest BCUT2D eigenvalue weighted by Gasteiger charge is 2.42. The number of hydrogen-bond donors (Lipinski definition) is 2. The molecule has 0 bridgehead atoms. The van der Waals surface area contributed by atoms with Crippen LogP contribution in [-0.4, -0.2) is 63.2 Å². The summed E-state index contributed by atoms with van der Waals surface area (Å²) < 4.78 is 53.1. The predicted molar refractivity (Wildman–Crippen MR) is 165 cm³/mol. The smallest absolute Gasteiger partial charge is 0.416 e. The van der Waals surface area contributed by atoms with Crippen molar-refractivity contribution in [2.45, 2.75) is 63.8 Å². The van der Waals surface area contributed by atoms with Crippen LogP contribution in [0.4, 0.5) is 22.8 Å². The third-order valence-corrected chi connectivity index (χ3v) is 8.94. The average molecular weight is 665 g/mol. The van der Waals surface area contributed by atoms with Gasteiger partial charge in [-0.25, -0.2) is 4.79 Å². The van der Waals surface area contributed by atoms with Gasteiger partial charge in [0, 0.05) is 35.7 Å². The Labute approximate surface area is 266 Å². The Kier molecular flexibility index (Phi) is 9.25. The van der Waals surface area contributed by atoms with E-state index in [9.17, 15) is 27.6 Å². The molecule has 0 saturated carbocycles. The quantitative estimate of drug-likeness (QED) is 0.254. The van der Waals surface area contributed by atoms with Crippen LogP contribution in [0.25, 0.3) is 16.5 Å². The first kappa shape index (κ1) is 32.8. The minimum Gasteiger partial charge on any atom is -0.444 e. The molecule has 3 amide bonds. The number of alkyl halides is 3. The molecule has 3 heterocycles. The Balaban J connectivity index is 1.48. The number of hydrogen-bond acceptors (Lipinski definition) is 7. The van der Waals surface area contributed by atoms with Gasteiger partial charge >= 0.3 is 12.3 Å². The molecule has 0 atom stereocenters. The maximum absolute atomic E-state index is 14.1. The summed E-state index contributed by atoms with van der Waals surface area (Å²) in [6.07, 6.45) is -2.89. The SMILES string of the molecule is CC(C)(C)OC(=O)NC1(CCN2C(=O)SC(=C(Cc3ccc(Cl)cc3C(F)(F)F)c3ccc4[nH]ncc4c3)C2=O)CCOCC1. The van der Waals surface area contributed by atoms with Crippen molar-refractivity contribution in [3.8, 4) is 0 Å². The molecule has 5 rings (SSSR count). The van der Waals surface area contributed by atoms with E-state index in [0.29, 0.717) is 54.3 Å². The summed E-state index contributed by atoms with van der Waals surface area (Å²) in [4.78, 5) is 41.0. The first-order valence-electron chi connectivity index (χ1n) is 14.3. The number of aromatic nitrogens is 2. The predicted octanol–water partition coefficient (Wildman–Crippen LogP) is 7.35. The van der Waals surface area contributed by atoms with Gasteiger partial charge in [0.25, 0.3) is 11.1 Å². The fraction of sp³-hybridized carbons (Fsp3) is 0.419. The van der Waals surface area contributed by atoms with Crippen molar-refractivity contribution in [1.82, 2.24) is 20.4 Å². The Bertz CT molecular complexity index is 1660. The zero-order valence-electron chi connectivity index (χ0n) is 24.8. The Hall–Kier alpha value is -3.55. The Morgan fingerprint density at radius 2 is 1.89 bits per heavy atom. The van der Waals surface area contributed by atoms with Crippen molar-refractivity contribution in [2.24, 2.45) is 0 Å². The van der Waals surface area contributed by atoms with Crippen LogP contribution in [0.1, 0.15) is 56.7 Å². The number of imide groups is 1. The maximum atomic E-state index is 14.1. The van der Waals surface area contributed by atoms with E-state index < -0.39 is 40.1 Å². The lowest BCUT2D eigenvalue weighted by Gasteiger charge is -2.39. The number of amides is 3. The van der Waals surface area contributed by atoms with Crippen molar-refractivity contribution in [3.63, 3.8) is 0 Å². The van der Waals surface area contributed by atoms with Gasteiger partial charge in [-0.3, -0.25) is 19.6 Å². The molecule has 1 aromatic heterocycles. The first-order valence-corrected chi connectivity index (χ1v) is 15.5. The zero-order chi connectivity index (χ0) is 32.6. The summed E-state index contributed by atoms with van der Waals surface area (Å²) >= 11 is 6.60. The fourth-order valence-electron chi connectivity index (χ4n) is 5.42. The summed E-state index contributed by atoms with van der Waals surface area (Å²) in [5.74, 6) is -0.616. The number of allylic oxidation sites excluding steroid dienone is 1. The van der Waals surface area contributed by atoms with Crippen LogP contribution >= 0.6 is 23.4 Å². The minimum atomic E-state index is -4.70. The van der Waals surface area contributed by atoms with Crippen LogP contribution in [0.15, 0.2) is 47.5 Å². The Morgan fingerprint density at radius 1 is 1.16 bits per heavy atom. The number of nitrogens with zero attached hydrogens (tertiary/aromatic N) is 2. The van der Waals surface area contributed by atoms with Gasteiger partial charge in [0.05, 0.1) is 22.2 Å². The maximum Gasteiger partial charge on any atom is 0.416 e. The molecular weight excluding hydrogens is 633 g/mol. The van der Waals surface area contributed by atoms with Crippen LogP contribution in [0, 0.1) is 0 Å². The standard InChI is InChI=1S/C31H32ClF3N4O5S/c1-29(2,3)44-27(41)37-30(9-12-43-13-10-30)8-11-39-26(40)25(45-28(39)42)22(18-5-7-24-20(14-18)17-36-38-24)15-19-4-6-21(32)16-23(19)31(33,34)35/h4-7,14,16-17H,8-13,15H2,1-3H3,(H,36,38)(H,37,41). The molecule has 2 aromatic carbocycles. The van der Waals surface area contributed by atoms with E-state index in [2.05, 4.69) is 15.5 Å². The molecule has 45 heavy (non-hydrogen) atoms. The summed E-state index contributed by atoms with van der Waals surface area (Å²) in [6.45, 7) is 5.98. The molecule has 240 valence electrons. The van der Waals surface area contributed by atoms with Crippen LogP contribution in [0.3, 0.4) is 0 Å². The summed E-state index contributed by atoms with van der Waals surface area (Å²) in [7, 11) is 0. The van der Waals surface area contributed by atoms with E-state index in [-0.39, 0.29) is 40.5 Å². The Morgan fingerprint density at radius 3 is 2.58 bits per heavy atom. The number of H-pyrrole nitrogens is 1. The van der Waals surface area contributed by atoms with E-state index in [4.69, 9.17) is 21.1 Å². The van der Waals surface area contributed by atoms with Gasteiger partial charge in [0.2, 0.25) is 0 Å². The molecule has 2 aliphatic rings. The van der Waals surface area contributed by atoms with E-state index in [1.165, 1.54) is 12.1 Å². The lowest BCUT2D eigenvalue weighted by atomic mass is 9.86. The van der Waals surface area contributed by atoms with Crippen molar-refractivity contribution < 1.29 is 37.0 Å². The summed E-state index contributed by atoms with van der Waals surface area (Å²) in [5, 5.41) is 9.83. The van der Waals surface area contributed by atoms with Crippen molar-refractivity contribution >= 4 is 57.1 Å². The van der Waals surface area contributed by atoms with Crippen molar-refractivity contribution in [1.29, 1.82) is 0 Å². The average Bonchev–Trinajstić information content (AvgIpc) is 3.53. The molecule has 0 spiro atoms. The molecule has 2 N–H and O–H groups in total. The number of ether oxygens (including phenoxy) is 2. The third kappa shape index (κ3) is 7.64. The van der Waals surface area contributed by atoms with Crippen LogP contribution in [0.2, 0.25) is 5.02 Å². The number of alkyl carbamates (subject to hydrolysis) is 1. The molecule has 2 saturated heterocycles. The van der Waals surface area contributed by atoms with Gasteiger partial charge in [0.15, 0.2) is 0 Å². The number of halogens is 4. The number of carbonyl (C=O) groups is 3. The van der Waals surface area contributed by atoms with Crippen LogP contribution in [0.5, 0.6) is 0 Å². The molecule has 0 radical (unpaired) electrons. The molecule has 2 aliphatic heterocycles. The third-order valence-electron chi connectivity index (χ3n) is 7.69. The second-order valence-electron chi connectivity index (χ2n) is 12.1. The first-order chi connectivity index (χ1) is 21.1. The minimum absolute atomic E-state index is 0.0211. The fourth-order valence-corrected chi connectivity index (χ4v) is 6.56. The number of carbonyl (C=O) groups excluding carboxylic acids is 3. The molecule has 3 aromatic rings. The van der Waals surface area contributed by atoms with E-state index in [0.717, 1.165) is 11.0 Å². The van der Waals surface area contributed by atoms with Crippen molar-refractivity contribution in [2.75, 3.05) is 19.8 Å². The molecule has 14 heteroatoms. The van der Waals surface area contributed by atoms with Gasteiger partial charge in [-0.1, -0.05) is 23.7 Å². The second-order valence-corrected chi connectivity index (χ2v) is 13.4. The van der Waals surface area contributed by atoms with Crippen LogP contribution < -0.4 is 5.32 Å². The second kappa shape index (κ2) is 12.7. The zero-order valence-corrected chi connectivity index (χ0v) is 26.4. The molecule has 0 unspecified atom stereocenters. The number of fused-ring (bicyclic) bond motifs is 1. The lowest BCUT2D eigenvalue weighted by molar-refractivity contribution is -0.138. The lowest BCUT2D eigenvalue weighted by Crippen LogP contribution is -2.54. The van der Waals surface area contributed by atoms with Gasteiger partial charge in [-0.2, -0.15) is 18.3 Å².